The Balaban J connectivity index is 0.00000128. The van der Waals surface area contributed by atoms with Crippen molar-refractivity contribution in [1.82, 2.24) is 10.2 Å². The van der Waals surface area contributed by atoms with E-state index in [4.69, 9.17) is 0 Å². The molecule has 0 aromatic carbocycles. The Bertz CT molecular complexity index is 260. The van der Waals surface area contributed by atoms with Crippen molar-refractivity contribution in [3.8, 4) is 0 Å². The highest BCUT2D eigenvalue weighted by molar-refractivity contribution is 5.85. The molecule has 16 heavy (non-hydrogen) atoms. The second kappa shape index (κ2) is 4.92. The predicted octanol–water partition coefficient (Wildman–Crippen LogP) is 1.66. The molecule has 0 bridgehead atoms. The number of carbonyl (C=O) groups is 1. The van der Waals surface area contributed by atoms with E-state index >= 15 is 0 Å². The van der Waals surface area contributed by atoms with Crippen LogP contribution >= 0.6 is 12.4 Å². The fourth-order valence-corrected chi connectivity index (χ4v) is 2.43. The molecule has 3 nitrogen and oxygen atoms in total. The number of amides is 1. The molecule has 1 aliphatic heterocycles. The van der Waals surface area contributed by atoms with Crippen LogP contribution < -0.4 is 5.32 Å². The molecule has 1 N–H and O–H groups in total. The first kappa shape index (κ1) is 13.8. The van der Waals surface area contributed by atoms with Gasteiger partial charge in [-0.25, -0.2) is 0 Å². The van der Waals surface area contributed by atoms with E-state index in [0.717, 1.165) is 19.5 Å². The highest BCUT2D eigenvalue weighted by Gasteiger charge is 2.45. The van der Waals surface area contributed by atoms with Crippen LogP contribution in [-0.4, -0.2) is 37.0 Å². The summed E-state index contributed by atoms with van der Waals surface area (Å²) in [5.41, 5.74) is 0.399. The van der Waals surface area contributed by atoms with Gasteiger partial charge < -0.3 is 10.2 Å². The van der Waals surface area contributed by atoms with Gasteiger partial charge in [-0.1, -0.05) is 6.92 Å². The number of hydrogen-bond acceptors (Lipinski definition) is 2. The highest BCUT2D eigenvalue weighted by atomic mass is 35.5. The average molecular weight is 247 g/mol. The topological polar surface area (TPSA) is 32.3 Å². The molecule has 4 heteroatoms. The molecule has 2 atom stereocenters. The number of hydrogen-bond donors (Lipinski definition) is 1. The second-order valence-electron chi connectivity index (χ2n) is 5.47. The van der Waals surface area contributed by atoms with Crippen LogP contribution in [0.4, 0.5) is 0 Å². The summed E-state index contributed by atoms with van der Waals surface area (Å²) < 4.78 is 0. The van der Waals surface area contributed by atoms with Crippen LogP contribution in [0.3, 0.4) is 0 Å². The van der Waals surface area contributed by atoms with E-state index in [2.05, 4.69) is 19.2 Å². The molecule has 0 spiro atoms. The molecular formula is C12H23ClN2O. The lowest BCUT2D eigenvalue weighted by Crippen LogP contribution is -2.43. The molecule has 1 heterocycles. The maximum absolute atomic E-state index is 12.1. The zero-order valence-corrected chi connectivity index (χ0v) is 11.3. The van der Waals surface area contributed by atoms with Crippen molar-refractivity contribution in [2.75, 3.05) is 20.1 Å². The van der Waals surface area contributed by atoms with Gasteiger partial charge in [0.15, 0.2) is 0 Å². The molecule has 1 aliphatic carbocycles. The van der Waals surface area contributed by atoms with Crippen LogP contribution in [0.5, 0.6) is 0 Å². The summed E-state index contributed by atoms with van der Waals surface area (Å²) in [6, 6.07) is 0.394. The van der Waals surface area contributed by atoms with E-state index < -0.39 is 0 Å². The van der Waals surface area contributed by atoms with Crippen LogP contribution in [-0.2, 0) is 4.79 Å². The Morgan fingerprint density at radius 2 is 2.12 bits per heavy atom. The van der Waals surface area contributed by atoms with Gasteiger partial charge in [0.2, 0.25) is 5.91 Å². The summed E-state index contributed by atoms with van der Waals surface area (Å²) in [7, 11) is 1.97. The van der Waals surface area contributed by atoms with E-state index in [1.807, 2.05) is 11.9 Å². The summed E-state index contributed by atoms with van der Waals surface area (Å²) >= 11 is 0. The van der Waals surface area contributed by atoms with Gasteiger partial charge >= 0.3 is 0 Å². The van der Waals surface area contributed by atoms with Crippen LogP contribution in [0.2, 0.25) is 0 Å². The molecule has 2 rings (SSSR count). The molecule has 1 saturated carbocycles. The summed E-state index contributed by atoms with van der Waals surface area (Å²) in [5, 5.41) is 3.25. The zero-order chi connectivity index (χ0) is 11.1. The number of nitrogens with one attached hydrogen (secondary N) is 1. The van der Waals surface area contributed by atoms with E-state index in [1.54, 1.807) is 0 Å². The fraction of sp³-hybridized carbons (Fsp3) is 0.917. The summed E-state index contributed by atoms with van der Waals surface area (Å²) in [4.78, 5) is 14.1. The van der Waals surface area contributed by atoms with E-state index in [1.165, 1.54) is 12.8 Å². The first-order valence-corrected chi connectivity index (χ1v) is 6.02. The molecule has 0 radical (unpaired) electrons. The first-order chi connectivity index (χ1) is 7.04. The number of nitrogens with zero attached hydrogens (tertiary/aromatic N) is 1. The molecule has 0 aromatic heterocycles. The van der Waals surface area contributed by atoms with Crippen molar-refractivity contribution in [2.24, 2.45) is 11.3 Å². The van der Waals surface area contributed by atoms with Crippen molar-refractivity contribution < 1.29 is 4.79 Å². The average Bonchev–Trinajstić information content (AvgIpc) is 2.80. The quantitative estimate of drug-likeness (QED) is 0.822. The van der Waals surface area contributed by atoms with Gasteiger partial charge in [0, 0.05) is 19.6 Å². The minimum atomic E-state index is 0. The number of halogens is 1. The molecule has 1 amide bonds. The Hall–Kier alpha value is -0.280. The number of carbonyl (C=O) groups excluding carboxylic acids is 1. The SMILES string of the molecule is CC(N(C)C(=O)[C@H]1CCNC1)C1(C)CC1.Cl. The molecular weight excluding hydrogens is 224 g/mol. The molecule has 1 saturated heterocycles. The molecule has 2 aliphatic rings. The van der Waals surface area contributed by atoms with Crippen molar-refractivity contribution in [2.45, 2.75) is 39.2 Å². The lowest BCUT2D eigenvalue weighted by Gasteiger charge is -2.31. The van der Waals surface area contributed by atoms with Crippen LogP contribution in [0.15, 0.2) is 0 Å². The first-order valence-electron chi connectivity index (χ1n) is 6.02. The minimum Gasteiger partial charge on any atom is -0.342 e. The third-order valence-corrected chi connectivity index (χ3v) is 4.39. The van der Waals surface area contributed by atoms with Crippen molar-refractivity contribution in [3.63, 3.8) is 0 Å². The van der Waals surface area contributed by atoms with E-state index in [-0.39, 0.29) is 18.3 Å². The van der Waals surface area contributed by atoms with Crippen molar-refractivity contribution in [1.29, 1.82) is 0 Å². The third-order valence-electron chi connectivity index (χ3n) is 4.39. The fourth-order valence-electron chi connectivity index (χ4n) is 2.43. The Kier molecular flexibility index (Phi) is 4.24. The van der Waals surface area contributed by atoms with Gasteiger partial charge in [0.25, 0.3) is 0 Å². The van der Waals surface area contributed by atoms with Crippen LogP contribution in [0.25, 0.3) is 0 Å². The monoisotopic (exact) mass is 246 g/mol. The van der Waals surface area contributed by atoms with Gasteiger partial charge in [0.05, 0.1) is 5.92 Å². The van der Waals surface area contributed by atoms with Crippen molar-refractivity contribution >= 4 is 18.3 Å². The molecule has 1 unspecified atom stereocenters. The molecule has 2 fully saturated rings. The highest BCUT2D eigenvalue weighted by Crippen LogP contribution is 2.49. The normalized spacial score (nSPS) is 28.1. The van der Waals surface area contributed by atoms with E-state index in [9.17, 15) is 4.79 Å². The minimum absolute atomic E-state index is 0. The predicted molar refractivity (Wildman–Crippen MR) is 67.8 cm³/mol. The Morgan fingerprint density at radius 3 is 2.56 bits per heavy atom. The van der Waals surface area contributed by atoms with Gasteiger partial charge in [-0.05, 0) is 38.1 Å². The maximum atomic E-state index is 12.1. The molecule has 0 aromatic rings. The largest absolute Gasteiger partial charge is 0.342 e. The summed E-state index contributed by atoms with van der Waals surface area (Å²) in [5.74, 6) is 0.556. The van der Waals surface area contributed by atoms with Gasteiger partial charge in [-0.2, -0.15) is 0 Å². The van der Waals surface area contributed by atoms with Crippen LogP contribution in [0.1, 0.15) is 33.1 Å². The maximum Gasteiger partial charge on any atom is 0.227 e. The Morgan fingerprint density at radius 1 is 1.50 bits per heavy atom. The van der Waals surface area contributed by atoms with Gasteiger partial charge in [-0.15, -0.1) is 12.4 Å². The lowest BCUT2D eigenvalue weighted by atomic mass is 9.97. The summed E-state index contributed by atoms with van der Waals surface area (Å²) in [6.07, 6.45) is 3.55. The lowest BCUT2D eigenvalue weighted by molar-refractivity contribution is -0.136. The summed E-state index contributed by atoms with van der Waals surface area (Å²) in [6.45, 7) is 6.34. The van der Waals surface area contributed by atoms with Gasteiger partial charge in [-0.3, -0.25) is 4.79 Å². The third kappa shape index (κ3) is 2.51. The standard InChI is InChI=1S/C12H22N2O.ClH/c1-9(12(2)5-6-12)14(3)11(15)10-4-7-13-8-10;/h9-10,13H,4-8H2,1-3H3;1H/t9?,10-;/m0./s1. The van der Waals surface area contributed by atoms with Gasteiger partial charge in [0.1, 0.15) is 0 Å². The number of rotatable bonds is 3. The zero-order valence-electron chi connectivity index (χ0n) is 10.5. The van der Waals surface area contributed by atoms with E-state index in [0.29, 0.717) is 17.4 Å². The molecule has 94 valence electrons. The van der Waals surface area contributed by atoms with Crippen LogP contribution in [0, 0.1) is 11.3 Å². The smallest absolute Gasteiger partial charge is 0.227 e. The second-order valence-corrected chi connectivity index (χ2v) is 5.47. The van der Waals surface area contributed by atoms with Crippen molar-refractivity contribution in [3.05, 3.63) is 0 Å². The Labute approximate surface area is 104 Å².